The van der Waals surface area contributed by atoms with Crippen LogP contribution in [-0.4, -0.2) is 57.5 Å². The summed E-state index contributed by atoms with van der Waals surface area (Å²) in [6.07, 6.45) is 2.89. The summed E-state index contributed by atoms with van der Waals surface area (Å²) in [6, 6.07) is 11.6. The van der Waals surface area contributed by atoms with E-state index in [1.807, 2.05) is 0 Å². The quantitative estimate of drug-likeness (QED) is 0.374. The van der Waals surface area contributed by atoms with Crippen molar-refractivity contribution in [2.24, 2.45) is 0 Å². The van der Waals surface area contributed by atoms with Gasteiger partial charge in [-0.3, -0.25) is 9.59 Å². The van der Waals surface area contributed by atoms with Crippen LogP contribution in [0.5, 0.6) is 0 Å². The number of methoxy groups -OCH3 is 1. The number of sulfonamides is 1. The summed E-state index contributed by atoms with van der Waals surface area (Å²) < 4.78 is 45.7. The predicted molar refractivity (Wildman–Crippen MR) is 134 cm³/mol. The van der Waals surface area contributed by atoms with E-state index in [1.54, 1.807) is 38.3 Å². The Bertz CT molecular complexity index is 1120. The number of benzene rings is 2. The Hall–Kier alpha value is -2.82. The molecule has 2 N–H and O–H groups in total. The van der Waals surface area contributed by atoms with Crippen LogP contribution >= 0.6 is 0 Å². The van der Waals surface area contributed by atoms with Gasteiger partial charge in [-0.2, -0.15) is 0 Å². The number of hydrogen-bond acceptors (Lipinski definition) is 5. The zero-order valence-electron chi connectivity index (χ0n) is 20.7. The highest BCUT2D eigenvalue weighted by atomic mass is 32.2. The van der Waals surface area contributed by atoms with Crippen molar-refractivity contribution in [2.75, 3.05) is 20.3 Å². The van der Waals surface area contributed by atoms with Gasteiger partial charge in [-0.05, 0) is 68.0 Å². The lowest BCUT2D eigenvalue weighted by atomic mass is 10.1. The molecule has 196 valence electrons. The minimum absolute atomic E-state index is 0.0264. The number of nitrogens with zero attached hydrogens (tertiary/aromatic N) is 1. The smallest absolute Gasteiger partial charge is 0.242 e. The predicted octanol–water partition coefficient (Wildman–Crippen LogP) is 2.77. The molecular formula is C26H34FN3O5S. The fraction of sp³-hybridized carbons (Fsp3) is 0.462. The molecule has 2 aromatic rings. The van der Waals surface area contributed by atoms with Crippen molar-refractivity contribution in [3.63, 3.8) is 0 Å². The minimum atomic E-state index is -3.53. The van der Waals surface area contributed by atoms with Crippen LogP contribution < -0.4 is 10.0 Å². The Morgan fingerprint density at radius 3 is 2.33 bits per heavy atom. The number of rotatable bonds is 14. The maximum atomic E-state index is 13.4. The summed E-state index contributed by atoms with van der Waals surface area (Å²) in [5.74, 6) is -0.886. The first-order chi connectivity index (χ1) is 17.2. The van der Waals surface area contributed by atoms with Crippen LogP contribution in [0.2, 0.25) is 0 Å². The first-order valence-corrected chi connectivity index (χ1v) is 13.6. The molecular weight excluding hydrogens is 485 g/mol. The second kappa shape index (κ2) is 12.9. The van der Waals surface area contributed by atoms with Crippen molar-refractivity contribution in [1.29, 1.82) is 0 Å². The van der Waals surface area contributed by atoms with Crippen molar-refractivity contribution in [2.45, 2.75) is 62.6 Å². The Balaban J connectivity index is 1.64. The van der Waals surface area contributed by atoms with Crippen LogP contribution in [0.25, 0.3) is 0 Å². The van der Waals surface area contributed by atoms with Gasteiger partial charge < -0.3 is 15.0 Å². The molecule has 0 unspecified atom stereocenters. The molecule has 1 aliphatic rings. The Morgan fingerprint density at radius 1 is 1.08 bits per heavy atom. The topological polar surface area (TPSA) is 105 Å². The number of hydrogen-bond donors (Lipinski definition) is 2. The highest BCUT2D eigenvalue weighted by Crippen LogP contribution is 2.22. The highest BCUT2D eigenvalue weighted by Gasteiger charge is 2.28. The zero-order chi connectivity index (χ0) is 26.1. The third-order valence-electron chi connectivity index (χ3n) is 6.02. The molecule has 0 saturated heterocycles. The number of halogens is 1. The van der Waals surface area contributed by atoms with Crippen LogP contribution in [-0.2, 0) is 37.3 Å². The summed E-state index contributed by atoms with van der Waals surface area (Å²) in [6.45, 7) is 2.78. The molecule has 1 atom stereocenters. The molecule has 8 nitrogen and oxygen atoms in total. The maximum Gasteiger partial charge on any atom is 0.242 e. The molecule has 0 spiro atoms. The van der Waals surface area contributed by atoms with Crippen molar-refractivity contribution in [3.05, 3.63) is 65.5 Å². The number of carbonyl (C=O) groups excluding carboxylic acids is 2. The summed E-state index contributed by atoms with van der Waals surface area (Å²) in [7, 11) is -1.94. The first-order valence-electron chi connectivity index (χ1n) is 12.1. The third kappa shape index (κ3) is 8.39. The third-order valence-corrected chi connectivity index (χ3v) is 7.55. The second-order valence-corrected chi connectivity index (χ2v) is 10.7. The average molecular weight is 520 g/mol. The van der Waals surface area contributed by atoms with Gasteiger partial charge in [0.15, 0.2) is 0 Å². The van der Waals surface area contributed by atoms with E-state index in [-0.39, 0.29) is 41.5 Å². The van der Waals surface area contributed by atoms with Crippen molar-refractivity contribution >= 4 is 21.8 Å². The lowest BCUT2D eigenvalue weighted by Gasteiger charge is -2.29. The molecule has 2 aromatic carbocycles. The largest absolute Gasteiger partial charge is 0.385 e. The SMILES string of the molecule is COCCCNC(=O)[C@@H](C)N(Cc1ccc(F)cc1)C(=O)CCc1ccc(S(=O)(=O)NC2CC2)cc1. The van der Waals surface area contributed by atoms with Crippen LogP contribution in [0.3, 0.4) is 0 Å². The molecule has 0 aromatic heterocycles. The first kappa shape index (κ1) is 27.8. The van der Waals surface area contributed by atoms with Gasteiger partial charge in [-0.1, -0.05) is 24.3 Å². The van der Waals surface area contributed by atoms with E-state index in [2.05, 4.69) is 10.0 Å². The Kier molecular flexibility index (Phi) is 9.98. The van der Waals surface area contributed by atoms with E-state index in [4.69, 9.17) is 4.74 Å². The lowest BCUT2D eigenvalue weighted by molar-refractivity contribution is -0.140. The molecule has 2 amide bonds. The van der Waals surface area contributed by atoms with E-state index >= 15 is 0 Å². The number of ether oxygens (including phenoxy) is 1. The molecule has 1 aliphatic carbocycles. The number of aryl methyl sites for hydroxylation is 1. The highest BCUT2D eigenvalue weighted by molar-refractivity contribution is 7.89. The molecule has 36 heavy (non-hydrogen) atoms. The summed E-state index contributed by atoms with van der Waals surface area (Å²) >= 11 is 0. The molecule has 0 heterocycles. The van der Waals surface area contributed by atoms with E-state index in [0.29, 0.717) is 31.6 Å². The van der Waals surface area contributed by atoms with Crippen molar-refractivity contribution < 1.29 is 27.1 Å². The summed E-state index contributed by atoms with van der Waals surface area (Å²) in [4.78, 5) is 27.6. The fourth-order valence-corrected chi connectivity index (χ4v) is 4.97. The monoisotopic (exact) mass is 519 g/mol. The van der Waals surface area contributed by atoms with Crippen LogP contribution in [0, 0.1) is 5.82 Å². The van der Waals surface area contributed by atoms with Gasteiger partial charge in [0.2, 0.25) is 21.8 Å². The average Bonchev–Trinajstić information content (AvgIpc) is 3.68. The Labute approximate surface area is 212 Å². The van der Waals surface area contributed by atoms with Crippen molar-refractivity contribution in [3.8, 4) is 0 Å². The molecule has 10 heteroatoms. The molecule has 1 fully saturated rings. The van der Waals surface area contributed by atoms with Gasteiger partial charge in [0, 0.05) is 39.3 Å². The van der Waals surface area contributed by atoms with E-state index < -0.39 is 16.1 Å². The van der Waals surface area contributed by atoms with E-state index in [1.165, 1.54) is 29.2 Å². The fourth-order valence-electron chi connectivity index (χ4n) is 3.66. The van der Waals surface area contributed by atoms with Gasteiger partial charge in [0.25, 0.3) is 0 Å². The number of amides is 2. The molecule has 1 saturated carbocycles. The second-order valence-electron chi connectivity index (χ2n) is 9.00. The van der Waals surface area contributed by atoms with Gasteiger partial charge >= 0.3 is 0 Å². The van der Waals surface area contributed by atoms with Crippen LogP contribution in [0.15, 0.2) is 53.4 Å². The molecule has 0 radical (unpaired) electrons. The van der Waals surface area contributed by atoms with Gasteiger partial charge in [-0.25, -0.2) is 17.5 Å². The van der Waals surface area contributed by atoms with Crippen molar-refractivity contribution in [1.82, 2.24) is 14.9 Å². The zero-order valence-corrected chi connectivity index (χ0v) is 21.5. The number of nitrogens with one attached hydrogen (secondary N) is 2. The lowest BCUT2D eigenvalue weighted by Crippen LogP contribution is -2.48. The molecule has 3 rings (SSSR count). The van der Waals surface area contributed by atoms with Crippen LogP contribution in [0.1, 0.15) is 43.7 Å². The standard InChI is InChI=1S/C26H34FN3O5S/c1-19(26(32)28-16-3-17-35-2)30(18-21-4-9-22(27)10-5-21)25(31)15-8-20-6-13-24(14-7-20)36(33,34)29-23-11-12-23/h4-7,9-10,13-14,19,23,29H,3,8,11-12,15-18H2,1-2H3,(H,28,32)/t19-/m1/s1. The normalized spacial score (nSPS) is 14.3. The minimum Gasteiger partial charge on any atom is -0.385 e. The van der Waals surface area contributed by atoms with E-state index in [0.717, 1.165) is 18.4 Å². The summed E-state index contributed by atoms with van der Waals surface area (Å²) in [5, 5.41) is 2.82. The van der Waals surface area contributed by atoms with E-state index in [9.17, 15) is 22.4 Å². The van der Waals surface area contributed by atoms with Crippen LogP contribution in [0.4, 0.5) is 4.39 Å². The Morgan fingerprint density at radius 2 is 1.72 bits per heavy atom. The number of carbonyl (C=O) groups is 2. The maximum absolute atomic E-state index is 13.4. The van der Waals surface area contributed by atoms with Gasteiger partial charge in [0.05, 0.1) is 4.90 Å². The molecule has 0 bridgehead atoms. The van der Waals surface area contributed by atoms with Gasteiger partial charge in [-0.15, -0.1) is 0 Å². The summed E-state index contributed by atoms with van der Waals surface area (Å²) in [5.41, 5.74) is 1.52. The van der Waals surface area contributed by atoms with Gasteiger partial charge in [0.1, 0.15) is 11.9 Å². The molecule has 0 aliphatic heterocycles.